The van der Waals surface area contributed by atoms with Gasteiger partial charge in [0.05, 0.1) is 19.0 Å². The Labute approximate surface area is 225 Å². The molecule has 1 fully saturated rings. The summed E-state index contributed by atoms with van der Waals surface area (Å²) in [5.74, 6) is 0.675. The van der Waals surface area contributed by atoms with Crippen molar-refractivity contribution >= 4 is 11.6 Å². The molecule has 1 saturated heterocycles. The van der Waals surface area contributed by atoms with Gasteiger partial charge >= 0.3 is 5.56 Å². The van der Waals surface area contributed by atoms with E-state index in [0.717, 1.165) is 16.7 Å². The van der Waals surface area contributed by atoms with Crippen molar-refractivity contribution in [2.45, 2.75) is 13.8 Å². The normalized spacial score (nSPS) is 13.3. The third kappa shape index (κ3) is 5.47. The number of benzene rings is 3. The SMILES string of the molecule is COc1cc(F)ccc1-c1ccc(Oc2c(N3CCN(C(C)=O)CC3)cnn(-c3ccc(C)cc3)c2=O)cc1. The lowest BCUT2D eigenvalue weighted by molar-refractivity contribution is -0.129. The number of carbonyl (C=O) groups is 1. The van der Waals surface area contributed by atoms with Crippen molar-refractivity contribution in [3.8, 4) is 34.1 Å². The molecule has 0 unspecified atom stereocenters. The van der Waals surface area contributed by atoms with Crippen molar-refractivity contribution in [1.82, 2.24) is 14.7 Å². The maximum absolute atomic E-state index is 13.7. The number of aryl methyl sites for hydroxylation is 1. The molecule has 2 heterocycles. The van der Waals surface area contributed by atoms with Crippen molar-refractivity contribution in [1.29, 1.82) is 0 Å². The number of hydrogen-bond acceptors (Lipinski definition) is 6. The Morgan fingerprint density at radius 2 is 1.64 bits per heavy atom. The van der Waals surface area contributed by atoms with Crippen LogP contribution in [-0.2, 0) is 4.79 Å². The predicted molar refractivity (Wildman–Crippen MR) is 147 cm³/mol. The standard InChI is InChI=1S/C30H29FN4O4/c1-20-4-9-24(10-5-20)35-30(37)29(27(19-32-35)34-16-14-33(15-17-34)21(2)36)39-25-11-6-22(7-12-25)26-13-8-23(31)18-28(26)38-3/h4-13,18-19H,14-17H2,1-3H3. The van der Waals surface area contributed by atoms with Crippen LogP contribution in [-0.4, -0.2) is 53.9 Å². The average Bonchev–Trinajstić information content (AvgIpc) is 2.95. The second kappa shape index (κ2) is 11.0. The molecule has 200 valence electrons. The van der Waals surface area contributed by atoms with Gasteiger partial charge in [0.1, 0.15) is 23.0 Å². The lowest BCUT2D eigenvalue weighted by atomic mass is 10.0. The van der Waals surface area contributed by atoms with E-state index in [4.69, 9.17) is 9.47 Å². The van der Waals surface area contributed by atoms with Crippen LogP contribution in [0.1, 0.15) is 12.5 Å². The monoisotopic (exact) mass is 528 g/mol. The van der Waals surface area contributed by atoms with E-state index in [1.165, 1.54) is 23.9 Å². The molecule has 0 bridgehead atoms. The Morgan fingerprint density at radius 3 is 2.28 bits per heavy atom. The van der Waals surface area contributed by atoms with Crippen LogP contribution in [0.4, 0.5) is 10.1 Å². The van der Waals surface area contributed by atoms with Crippen LogP contribution < -0.4 is 19.9 Å². The molecule has 0 radical (unpaired) electrons. The first-order valence-corrected chi connectivity index (χ1v) is 12.7. The molecule has 1 aliphatic rings. The number of anilines is 1. The van der Waals surface area contributed by atoms with Crippen molar-refractivity contribution in [2.75, 3.05) is 38.2 Å². The quantitative estimate of drug-likeness (QED) is 0.357. The van der Waals surface area contributed by atoms with Gasteiger partial charge in [-0.1, -0.05) is 29.8 Å². The van der Waals surface area contributed by atoms with Gasteiger partial charge in [-0.2, -0.15) is 9.78 Å². The number of ether oxygens (including phenoxy) is 2. The average molecular weight is 529 g/mol. The predicted octanol–water partition coefficient (Wildman–Crippen LogP) is 4.82. The molecule has 0 saturated carbocycles. The molecule has 8 nitrogen and oxygen atoms in total. The summed E-state index contributed by atoms with van der Waals surface area (Å²) in [7, 11) is 1.50. The molecule has 5 rings (SSSR count). The molecule has 1 aliphatic heterocycles. The van der Waals surface area contributed by atoms with Crippen LogP contribution in [0.25, 0.3) is 16.8 Å². The zero-order valence-electron chi connectivity index (χ0n) is 22.1. The molecule has 0 atom stereocenters. The highest BCUT2D eigenvalue weighted by Gasteiger charge is 2.25. The summed E-state index contributed by atoms with van der Waals surface area (Å²) in [5, 5.41) is 4.45. The fourth-order valence-corrected chi connectivity index (χ4v) is 4.61. The Balaban J connectivity index is 1.50. The van der Waals surface area contributed by atoms with Crippen molar-refractivity contribution in [3.05, 3.63) is 94.7 Å². The zero-order valence-corrected chi connectivity index (χ0v) is 22.1. The molecular formula is C30H29FN4O4. The van der Waals surface area contributed by atoms with E-state index in [-0.39, 0.29) is 17.5 Å². The fourth-order valence-electron chi connectivity index (χ4n) is 4.61. The summed E-state index contributed by atoms with van der Waals surface area (Å²) in [6.45, 7) is 5.72. The molecule has 1 aromatic heterocycles. The topological polar surface area (TPSA) is 76.9 Å². The highest BCUT2D eigenvalue weighted by molar-refractivity contribution is 5.74. The van der Waals surface area contributed by atoms with E-state index in [1.54, 1.807) is 36.2 Å². The summed E-state index contributed by atoms with van der Waals surface area (Å²) < 4.78 is 26.6. The number of halogens is 1. The van der Waals surface area contributed by atoms with E-state index >= 15 is 0 Å². The minimum absolute atomic E-state index is 0.0249. The lowest BCUT2D eigenvalue weighted by Crippen LogP contribution is -2.48. The highest BCUT2D eigenvalue weighted by atomic mass is 19.1. The second-order valence-electron chi connectivity index (χ2n) is 9.38. The summed E-state index contributed by atoms with van der Waals surface area (Å²) in [6.07, 6.45) is 1.64. The van der Waals surface area contributed by atoms with Gasteiger partial charge in [0, 0.05) is 44.7 Å². The van der Waals surface area contributed by atoms with Crippen LogP contribution >= 0.6 is 0 Å². The number of methoxy groups -OCH3 is 1. The Morgan fingerprint density at radius 1 is 0.949 bits per heavy atom. The third-order valence-corrected chi connectivity index (χ3v) is 6.81. The number of amides is 1. The summed E-state index contributed by atoms with van der Waals surface area (Å²) in [6, 6.07) is 19.1. The molecule has 0 aliphatic carbocycles. The van der Waals surface area contributed by atoms with Gasteiger partial charge in [-0.3, -0.25) is 9.59 Å². The highest BCUT2D eigenvalue weighted by Crippen LogP contribution is 2.34. The van der Waals surface area contributed by atoms with Crippen LogP contribution in [0.3, 0.4) is 0 Å². The first-order valence-electron chi connectivity index (χ1n) is 12.7. The van der Waals surface area contributed by atoms with Gasteiger partial charge in [-0.05, 0) is 48.9 Å². The summed E-state index contributed by atoms with van der Waals surface area (Å²) in [5.41, 5.74) is 3.42. The minimum Gasteiger partial charge on any atom is -0.496 e. The van der Waals surface area contributed by atoms with E-state index in [2.05, 4.69) is 5.10 Å². The number of rotatable bonds is 6. The van der Waals surface area contributed by atoms with Crippen LogP contribution in [0.5, 0.6) is 17.2 Å². The van der Waals surface area contributed by atoms with Gasteiger partial charge in [-0.15, -0.1) is 0 Å². The van der Waals surface area contributed by atoms with E-state index in [0.29, 0.717) is 49.1 Å². The third-order valence-electron chi connectivity index (χ3n) is 6.81. The summed E-state index contributed by atoms with van der Waals surface area (Å²) >= 11 is 0. The van der Waals surface area contributed by atoms with E-state index in [9.17, 15) is 14.0 Å². The van der Waals surface area contributed by atoms with E-state index < -0.39 is 5.56 Å². The molecule has 39 heavy (non-hydrogen) atoms. The molecular weight excluding hydrogens is 499 g/mol. The Hall–Kier alpha value is -4.66. The van der Waals surface area contributed by atoms with Crippen LogP contribution in [0.2, 0.25) is 0 Å². The van der Waals surface area contributed by atoms with Gasteiger partial charge in [0.2, 0.25) is 11.7 Å². The maximum atomic E-state index is 13.7. The van der Waals surface area contributed by atoms with Gasteiger partial charge in [0.15, 0.2) is 0 Å². The van der Waals surface area contributed by atoms with Crippen molar-refractivity contribution in [2.24, 2.45) is 0 Å². The van der Waals surface area contributed by atoms with E-state index in [1.807, 2.05) is 48.2 Å². The number of carbonyl (C=O) groups excluding carboxylic acids is 1. The molecule has 4 aromatic rings. The Bertz CT molecular complexity index is 1540. The number of nitrogens with zero attached hydrogens (tertiary/aromatic N) is 4. The molecule has 3 aromatic carbocycles. The fraction of sp³-hybridized carbons (Fsp3) is 0.233. The van der Waals surface area contributed by atoms with Gasteiger partial charge in [-0.25, -0.2) is 4.39 Å². The lowest BCUT2D eigenvalue weighted by Gasteiger charge is -2.35. The largest absolute Gasteiger partial charge is 0.496 e. The van der Waals surface area contributed by atoms with Crippen LogP contribution in [0, 0.1) is 12.7 Å². The first-order chi connectivity index (χ1) is 18.8. The minimum atomic E-state index is -0.394. The molecule has 0 spiro atoms. The first kappa shape index (κ1) is 26.0. The molecule has 9 heteroatoms. The number of piperazine rings is 1. The molecule has 0 N–H and O–H groups in total. The van der Waals surface area contributed by atoms with Gasteiger partial charge < -0.3 is 19.3 Å². The number of aromatic nitrogens is 2. The Kier molecular flexibility index (Phi) is 7.31. The smallest absolute Gasteiger partial charge is 0.316 e. The summed E-state index contributed by atoms with van der Waals surface area (Å²) in [4.78, 5) is 29.3. The maximum Gasteiger partial charge on any atom is 0.316 e. The second-order valence-corrected chi connectivity index (χ2v) is 9.38. The van der Waals surface area contributed by atoms with Crippen molar-refractivity contribution in [3.63, 3.8) is 0 Å². The van der Waals surface area contributed by atoms with Crippen molar-refractivity contribution < 1.29 is 18.7 Å². The molecule has 1 amide bonds. The number of hydrogen-bond donors (Lipinski definition) is 0. The zero-order chi connectivity index (χ0) is 27.5. The van der Waals surface area contributed by atoms with Gasteiger partial charge in [0.25, 0.3) is 0 Å². The van der Waals surface area contributed by atoms with Crippen LogP contribution in [0.15, 0.2) is 77.7 Å².